The van der Waals surface area contributed by atoms with Crippen molar-refractivity contribution in [3.05, 3.63) is 15.1 Å². The highest BCUT2D eigenvalue weighted by atomic mass is 32.2. The summed E-state index contributed by atoms with van der Waals surface area (Å²) >= 11 is 6.21. The van der Waals surface area contributed by atoms with Gasteiger partial charge < -0.3 is 9.97 Å². The molecule has 2 rings (SSSR count). The Morgan fingerprint density at radius 1 is 1.38 bits per heavy atom. The lowest BCUT2D eigenvalue weighted by Gasteiger charge is -1.93. The predicted molar refractivity (Wildman–Crippen MR) is 53.7 cm³/mol. The topological polar surface area (TPSA) is 77.3 Å². The van der Waals surface area contributed by atoms with Gasteiger partial charge in [-0.25, -0.2) is 4.98 Å². The van der Waals surface area contributed by atoms with Gasteiger partial charge >= 0.3 is 0 Å². The molecule has 0 atom stereocenters. The van der Waals surface area contributed by atoms with Gasteiger partial charge in [0.15, 0.2) is 15.6 Å². The van der Waals surface area contributed by atoms with Crippen molar-refractivity contribution in [1.29, 1.82) is 0 Å². The quantitative estimate of drug-likeness (QED) is 0.376. The van der Waals surface area contributed by atoms with Gasteiger partial charge in [0, 0.05) is 0 Å². The second kappa shape index (κ2) is 3.00. The summed E-state index contributed by atoms with van der Waals surface area (Å²) in [5, 5.41) is 0.572. The van der Waals surface area contributed by atoms with E-state index in [0.29, 0.717) is 21.1 Å². The average Bonchev–Trinajstić information content (AvgIpc) is 2.46. The third kappa shape index (κ3) is 1.40. The average molecular weight is 214 g/mol. The summed E-state index contributed by atoms with van der Waals surface area (Å²) < 4.78 is 0.409. The fourth-order valence-corrected chi connectivity index (χ4v) is 1.58. The van der Waals surface area contributed by atoms with Crippen molar-refractivity contribution in [3.8, 4) is 0 Å². The maximum Gasteiger partial charge on any atom is 0.277 e. The highest BCUT2D eigenvalue weighted by molar-refractivity contribution is 7.98. The van der Waals surface area contributed by atoms with Gasteiger partial charge in [-0.2, -0.15) is 0 Å². The Hall–Kier alpha value is -1.08. The molecule has 0 aliphatic heterocycles. The van der Waals surface area contributed by atoms with Crippen LogP contribution in [0.5, 0.6) is 0 Å². The molecule has 0 amide bonds. The van der Waals surface area contributed by atoms with E-state index in [0.717, 1.165) is 0 Å². The first-order valence-corrected chi connectivity index (χ1v) is 5.10. The molecule has 0 fully saturated rings. The predicted octanol–water partition coefficient (Wildman–Crippen LogP) is 1.03. The zero-order valence-corrected chi connectivity index (χ0v) is 8.30. The minimum atomic E-state index is -0.207. The van der Waals surface area contributed by atoms with Crippen molar-refractivity contribution in [2.24, 2.45) is 0 Å². The van der Waals surface area contributed by atoms with Gasteiger partial charge in [-0.15, -0.1) is 0 Å². The first-order chi connectivity index (χ1) is 6.20. The second-order valence-electron chi connectivity index (χ2n) is 2.38. The van der Waals surface area contributed by atoms with E-state index in [-0.39, 0.29) is 5.56 Å². The van der Waals surface area contributed by atoms with Crippen molar-refractivity contribution in [2.75, 3.05) is 6.26 Å². The number of hydrogen-bond donors (Lipinski definition) is 3. The molecule has 0 aliphatic carbocycles. The van der Waals surface area contributed by atoms with Crippen molar-refractivity contribution in [2.45, 2.75) is 5.16 Å². The zero-order valence-electron chi connectivity index (χ0n) is 6.67. The van der Waals surface area contributed by atoms with Crippen LogP contribution in [0.1, 0.15) is 0 Å². The number of hydrogen-bond acceptors (Lipinski definition) is 4. The van der Waals surface area contributed by atoms with Crippen LogP contribution in [0.3, 0.4) is 0 Å². The van der Waals surface area contributed by atoms with Crippen LogP contribution in [-0.4, -0.2) is 26.2 Å². The Bertz CT molecular complexity index is 551. The summed E-state index contributed by atoms with van der Waals surface area (Å²) in [6.45, 7) is 0. The Morgan fingerprint density at radius 3 is 2.85 bits per heavy atom. The summed E-state index contributed by atoms with van der Waals surface area (Å²) in [5.41, 5.74) is 0.683. The number of imidazole rings is 1. The summed E-state index contributed by atoms with van der Waals surface area (Å²) in [4.78, 5) is 23.6. The van der Waals surface area contributed by atoms with Crippen LogP contribution in [0.2, 0.25) is 0 Å². The number of nitrogens with one attached hydrogen (secondary N) is 3. The maximum absolute atomic E-state index is 11.4. The molecule has 0 aliphatic rings. The van der Waals surface area contributed by atoms with E-state index in [2.05, 4.69) is 19.9 Å². The first kappa shape index (κ1) is 8.52. The monoisotopic (exact) mass is 214 g/mol. The number of fused-ring (bicyclic) bond motifs is 1. The molecule has 0 saturated heterocycles. The Kier molecular flexibility index (Phi) is 1.97. The van der Waals surface area contributed by atoms with Crippen LogP contribution in [0, 0.1) is 4.77 Å². The smallest absolute Gasteiger partial charge is 0.277 e. The molecule has 0 unspecified atom stereocenters. The Labute approximate surface area is 82.0 Å². The molecule has 0 bridgehead atoms. The van der Waals surface area contributed by atoms with Crippen molar-refractivity contribution >= 4 is 35.1 Å². The third-order valence-electron chi connectivity index (χ3n) is 1.56. The van der Waals surface area contributed by atoms with Gasteiger partial charge in [-0.05, 0) is 18.5 Å². The lowest BCUT2D eigenvalue weighted by Crippen LogP contribution is -2.08. The lowest BCUT2D eigenvalue weighted by atomic mass is 10.6. The Balaban J connectivity index is 2.91. The molecule has 5 nitrogen and oxygen atoms in total. The van der Waals surface area contributed by atoms with E-state index >= 15 is 0 Å². The van der Waals surface area contributed by atoms with Crippen molar-refractivity contribution in [1.82, 2.24) is 19.9 Å². The molecule has 2 aromatic heterocycles. The van der Waals surface area contributed by atoms with E-state index in [9.17, 15) is 4.79 Å². The number of H-pyrrole nitrogens is 3. The van der Waals surface area contributed by atoms with Crippen LogP contribution < -0.4 is 5.56 Å². The number of aromatic amines is 3. The van der Waals surface area contributed by atoms with E-state index < -0.39 is 0 Å². The molecule has 0 spiro atoms. The molecular weight excluding hydrogens is 208 g/mol. The third-order valence-corrected chi connectivity index (χ3v) is 2.35. The fraction of sp³-hybridized carbons (Fsp3) is 0.167. The fourth-order valence-electron chi connectivity index (χ4n) is 1.01. The van der Waals surface area contributed by atoms with Gasteiger partial charge in [0.25, 0.3) is 5.56 Å². The standard InChI is InChI=1S/C6H6N4OS2/c1-13-6-9-3-2(4(11)10-6)7-5(12)8-3/h1H3,(H3,7,8,9,10,11,12). The normalized spacial score (nSPS) is 10.8. The number of nitrogens with zero attached hydrogens (tertiary/aromatic N) is 1. The highest BCUT2D eigenvalue weighted by Crippen LogP contribution is 2.08. The molecule has 0 saturated carbocycles. The van der Waals surface area contributed by atoms with Crippen molar-refractivity contribution < 1.29 is 0 Å². The molecule has 68 valence electrons. The minimum absolute atomic E-state index is 0.207. The van der Waals surface area contributed by atoms with Crippen LogP contribution in [0.15, 0.2) is 9.95 Å². The second-order valence-corrected chi connectivity index (χ2v) is 3.58. The van der Waals surface area contributed by atoms with Crippen molar-refractivity contribution in [3.63, 3.8) is 0 Å². The van der Waals surface area contributed by atoms with Crippen LogP contribution in [0.4, 0.5) is 0 Å². The summed E-state index contributed by atoms with van der Waals surface area (Å²) in [6, 6.07) is 0. The van der Waals surface area contributed by atoms with Crippen LogP contribution in [0.25, 0.3) is 11.2 Å². The SMILES string of the molecule is CSc1nc2[nH]c(=S)[nH]c2c(=O)[nH]1. The number of thioether (sulfide) groups is 1. The summed E-state index contributed by atoms with van der Waals surface area (Å²) in [5.74, 6) is 0. The number of rotatable bonds is 1. The lowest BCUT2D eigenvalue weighted by molar-refractivity contribution is 0.968. The molecule has 0 radical (unpaired) electrons. The minimum Gasteiger partial charge on any atom is -0.325 e. The van der Waals surface area contributed by atoms with Gasteiger partial charge in [0.2, 0.25) is 0 Å². The maximum atomic E-state index is 11.4. The van der Waals surface area contributed by atoms with Gasteiger partial charge in [0.1, 0.15) is 5.52 Å². The van der Waals surface area contributed by atoms with E-state index in [4.69, 9.17) is 12.2 Å². The molecule has 13 heavy (non-hydrogen) atoms. The molecule has 2 heterocycles. The highest BCUT2D eigenvalue weighted by Gasteiger charge is 2.04. The largest absolute Gasteiger partial charge is 0.325 e. The summed E-state index contributed by atoms with van der Waals surface area (Å²) in [6.07, 6.45) is 1.84. The van der Waals surface area contributed by atoms with Crippen LogP contribution in [-0.2, 0) is 0 Å². The first-order valence-electron chi connectivity index (χ1n) is 3.47. The molecule has 3 N–H and O–H groups in total. The van der Waals surface area contributed by atoms with E-state index in [1.807, 2.05) is 6.26 Å². The van der Waals surface area contributed by atoms with Gasteiger partial charge in [0.05, 0.1) is 0 Å². The van der Waals surface area contributed by atoms with E-state index in [1.54, 1.807) is 0 Å². The molecular formula is C6H6N4OS2. The summed E-state index contributed by atoms with van der Waals surface area (Å²) in [7, 11) is 0. The van der Waals surface area contributed by atoms with Crippen LogP contribution >= 0.6 is 24.0 Å². The van der Waals surface area contributed by atoms with Gasteiger partial charge in [-0.1, -0.05) is 11.8 Å². The van der Waals surface area contributed by atoms with E-state index in [1.165, 1.54) is 11.8 Å². The molecule has 7 heteroatoms. The molecule has 2 aromatic rings. The zero-order chi connectivity index (χ0) is 9.42. The molecule has 0 aromatic carbocycles. The number of aromatic nitrogens is 4. The Morgan fingerprint density at radius 2 is 2.15 bits per heavy atom. The van der Waals surface area contributed by atoms with Gasteiger partial charge in [-0.3, -0.25) is 9.78 Å².